The van der Waals surface area contributed by atoms with Crippen LogP contribution in [0.5, 0.6) is 0 Å². The molecule has 1 saturated carbocycles. The smallest absolute Gasteiger partial charge is 0.133 e. The van der Waals surface area contributed by atoms with Crippen molar-refractivity contribution in [1.29, 1.82) is 0 Å². The van der Waals surface area contributed by atoms with E-state index in [9.17, 15) is 0 Å². The van der Waals surface area contributed by atoms with Crippen LogP contribution in [0.1, 0.15) is 25.7 Å². The van der Waals surface area contributed by atoms with Crippen molar-refractivity contribution in [2.45, 2.75) is 31.3 Å². The maximum Gasteiger partial charge on any atom is 0.133 e. The van der Waals surface area contributed by atoms with E-state index >= 15 is 0 Å². The molecule has 1 saturated heterocycles. The molecular weight excluding hydrogens is 114 g/mol. The van der Waals surface area contributed by atoms with Crippen molar-refractivity contribution in [2.24, 2.45) is 0 Å². The van der Waals surface area contributed by atoms with E-state index in [1.165, 1.54) is 37.3 Å². The van der Waals surface area contributed by atoms with Crippen LogP contribution in [0, 0.1) is 0 Å². The number of hydrogen-bond acceptors (Lipinski definition) is 1. The molecule has 2 rings (SSSR count). The molecule has 2 nitrogen and oxygen atoms in total. The van der Waals surface area contributed by atoms with Crippen molar-refractivity contribution in [1.82, 2.24) is 0 Å². The van der Waals surface area contributed by atoms with Gasteiger partial charge in [-0.05, 0) is 19.3 Å². The first kappa shape index (κ1) is 5.69. The molecule has 1 aliphatic carbocycles. The Morgan fingerprint density at radius 2 is 2.11 bits per heavy atom. The molecule has 0 amide bonds. The van der Waals surface area contributed by atoms with Crippen LogP contribution in [-0.4, -0.2) is 19.2 Å². The van der Waals surface area contributed by atoms with E-state index in [0.717, 1.165) is 0 Å². The molecule has 9 heavy (non-hydrogen) atoms. The Balaban J connectivity index is 1.99. The number of rotatable bonds is 0. The molecule has 1 aliphatic heterocycles. The number of quaternary nitrogens is 1. The monoisotopic (exact) mass is 128 g/mol. The third-order valence-electron chi connectivity index (χ3n) is 2.59. The minimum absolute atomic E-state index is 0.351. The zero-order valence-electron chi connectivity index (χ0n) is 5.94. The maximum absolute atomic E-state index is 5.70. The molecule has 0 aromatic rings. The van der Waals surface area contributed by atoms with Gasteiger partial charge in [-0.2, -0.15) is 9.90 Å². The lowest BCUT2D eigenvalue weighted by molar-refractivity contribution is -1.07. The van der Waals surface area contributed by atoms with E-state index < -0.39 is 0 Å². The number of nitrogens with one attached hydrogen (secondary N) is 1. The third kappa shape index (κ3) is 0.775. The lowest BCUT2D eigenvalue weighted by Crippen LogP contribution is -3.06. The van der Waals surface area contributed by atoms with E-state index in [4.69, 9.17) is 4.84 Å². The van der Waals surface area contributed by atoms with Crippen LogP contribution in [0.3, 0.4) is 0 Å². The van der Waals surface area contributed by atoms with Crippen LogP contribution < -0.4 is 5.06 Å². The zero-order valence-corrected chi connectivity index (χ0v) is 5.94. The van der Waals surface area contributed by atoms with E-state index in [2.05, 4.69) is 7.05 Å². The molecule has 1 heterocycles. The summed E-state index contributed by atoms with van der Waals surface area (Å²) in [4.78, 5) is 5.70. The first-order valence-electron chi connectivity index (χ1n) is 3.82. The van der Waals surface area contributed by atoms with Crippen molar-refractivity contribution >= 4 is 0 Å². The summed E-state index contributed by atoms with van der Waals surface area (Å²) in [5.74, 6) is 0. The average Bonchev–Trinajstić information content (AvgIpc) is 2.09. The van der Waals surface area contributed by atoms with Crippen molar-refractivity contribution in [3.8, 4) is 0 Å². The number of hydrogen-bond donors (Lipinski definition) is 1. The van der Waals surface area contributed by atoms with E-state index in [1.54, 1.807) is 0 Å². The SMILES string of the molecule is C[NH+]1CCC2(CCC2)O1. The summed E-state index contributed by atoms with van der Waals surface area (Å²) in [5.41, 5.74) is 0.351. The molecule has 2 fully saturated rings. The van der Waals surface area contributed by atoms with Gasteiger partial charge in [0.2, 0.25) is 0 Å². The van der Waals surface area contributed by atoms with Gasteiger partial charge in [-0.1, -0.05) is 0 Å². The summed E-state index contributed by atoms with van der Waals surface area (Å²) in [6, 6.07) is 0. The molecule has 0 radical (unpaired) electrons. The van der Waals surface area contributed by atoms with Gasteiger partial charge in [-0.15, -0.1) is 0 Å². The lowest BCUT2D eigenvalue weighted by atomic mass is 9.78. The summed E-state index contributed by atoms with van der Waals surface area (Å²) in [5, 5.41) is 1.26. The second-order valence-electron chi connectivity index (χ2n) is 3.34. The summed E-state index contributed by atoms with van der Waals surface area (Å²) in [6.07, 6.45) is 5.29. The lowest BCUT2D eigenvalue weighted by Gasteiger charge is -2.33. The van der Waals surface area contributed by atoms with Gasteiger partial charge in [0.1, 0.15) is 12.1 Å². The molecular formula is C7H14NO+. The zero-order chi connectivity index (χ0) is 6.32. The van der Waals surface area contributed by atoms with E-state index in [-0.39, 0.29) is 0 Å². The summed E-state index contributed by atoms with van der Waals surface area (Å²) >= 11 is 0. The molecule has 1 spiro atoms. The highest BCUT2D eigenvalue weighted by Gasteiger charge is 2.46. The molecule has 1 unspecified atom stereocenters. The second kappa shape index (κ2) is 1.70. The first-order valence-corrected chi connectivity index (χ1v) is 3.82. The van der Waals surface area contributed by atoms with Gasteiger partial charge in [0.05, 0.1) is 7.05 Å². The molecule has 52 valence electrons. The molecule has 0 aromatic heterocycles. The summed E-state index contributed by atoms with van der Waals surface area (Å²) in [6.45, 7) is 1.21. The Morgan fingerprint density at radius 1 is 1.33 bits per heavy atom. The summed E-state index contributed by atoms with van der Waals surface area (Å²) in [7, 11) is 2.10. The maximum atomic E-state index is 5.70. The topological polar surface area (TPSA) is 13.7 Å². The predicted molar refractivity (Wildman–Crippen MR) is 34.0 cm³/mol. The highest BCUT2D eigenvalue weighted by Crippen LogP contribution is 2.38. The predicted octanol–water partition coefficient (Wildman–Crippen LogP) is -0.241. The molecule has 2 aliphatic rings. The quantitative estimate of drug-likeness (QED) is 0.475. The molecule has 1 N–H and O–H groups in total. The first-order chi connectivity index (χ1) is 4.31. The van der Waals surface area contributed by atoms with Crippen LogP contribution in [-0.2, 0) is 4.84 Å². The molecule has 0 aromatic carbocycles. The van der Waals surface area contributed by atoms with Crippen LogP contribution in [0.2, 0.25) is 0 Å². The largest absolute Gasteiger partial charge is 0.198 e. The van der Waals surface area contributed by atoms with Gasteiger partial charge in [-0.3, -0.25) is 0 Å². The Kier molecular flexibility index (Phi) is 1.08. The third-order valence-corrected chi connectivity index (χ3v) is 2.59. The Morgan fingerprint density at radius 3 is 2.33 bits per heavy atom. The van der Waals surface area contributed by atoms with Gasteiger partial charge < -0.3 is 0 Å². The highest BCUT2D eigenvalue weighted by atomic mass is 16.7. The van der Waals surface area contributed by atoms with Gasteiger partial charge in [0, 0.05) is 6.42 Å². The molecule has 1 atom stereocenters. The Hall–Kier alpha value is -0.0800. The van der Waals surface area contributed by atoms with Crippen LogP contribution >= 0.6 is 0 Å². The standard InChI is InChI=1S/C7H13NO/c1-8-6-5-7(9-8)3-2-4-7/h2-6H2,1H3/p+1. The van der Waals surface area contributed by atoms with Gasteiger partial charge >= 0.3 is 0 Å². The molecule has 2 heteroatoms. The van der Waals surface area contributed by atoms with Crippen molar-refractivity contribution < 1.29 is 9.90 Å². The minimum atomic E-state index is 0.351. The Bertz CT molecular complexity index is 120. The normalized spacial score (nSPS) is 39.0. The fourth-order valence-electron chi connectivity index (χ4n) is 1.80. The second-order valence-corrected chi connectivity index (χ2v) is 3.34. The van der Waals surface area contributed by atoms with Crippen molar-refractivity contribution in [2.75, 3.05) is 13.6 Å². The van der Waals surface area contributed by atoms with Gasteiger partial charge in [0.25, 0.3) is 0 Å². The highest BCUT2D eigenvalue weighted by molar-refractivity contribution is 4.89. The van der Waals surface area contributed by atoms with E-state index in [0.29, 0.717) is 5.60 Å². The van der Waals surface area contributed by atoms with Gasteiger partial charge in [-0.25, -0.2) is 0 Å². The minimum Gasteiger partial charge on any atom is -0.198 e. The molecule has 0 bridgehead atoms. The Labute approximate surface area is 55.7 Å². The fourth-order valence-corrected chi connectivity index (χ4v) is 1.80. The van der Waals surface area contributed by atoms with Crippen molar-refractivity contribution in [3.63, 3.8) is 0 Å². The number of hydroxylamine groups is 2. The fraction of sp³-hybridized carbons (Fsp3) is 1.00. The summed E-state index contributed by atoms with van der Waals surface area (Å²) < 4.78 is 0. The van der Waals surface area contributed by atoms with Gasteiger partial charge in [0.15, 0.2) is 0 Å². The van der Waals surface area contributed by atoms with Crippen LogP contribution in [0.25, 0.3) is 0 Å². The van der Waals surface area contributed by atoms with Crippen LogP contribution in [0.15, 0.2) is 0 Å². The van der Waals surface area contributed by atoms with Crippen molar-refractivity contribution in [3.05, 3.63) is 0 Å². The van der Waals surface area contributed by atoms with E-state index in [1.807, 2.05) is 0 Å². The van der Waals surface area contributed by atoms with Crippen LogP contribution in [0.4, 0.5) is 0 Å². The average molecular weight is 128 g/mol.